The average molecular weight is 443 g/mol. The Morgan fingerprint density at radius 2 is 1.87 bits per heavy atom. The predicted molar refractivity (Wildman–Crippen MR) is 115 cm³/mol. The molecule has 0 bridgehead atoms. The standard InChI is InChI=1S/C20H21N5O5S/c26-17(11-22-19(28)15-2-1-7-30-15)21-12-18(27)23-13-3-4-14-16(10-13)31-20(24-14)25-5-8-29-9-6-25/h1-4,7,10H,5-6,8-9,11-12H2,(H,21,26)(H,22,28)(H,23,27). The van der Waals surface area contributed by atoms with Crippen molar-refractivity contribution in [2.24, 2.45) is 0 Å². The van der Waals surface area contributed by atoms with Crippen LogP contribution < -0.4 is 20.9 Å². The molecule has 3 N–H and O–H groups in total. The minimum atomic E-state index is -0.501. The van der Waals surface area contributed by atoms with Gasteiger partial charge in [-0.3, -0.25) is 14.4 Å². The van der Waals surface area contributed by atoms with Crippen LogP contribution in [0.1, 0.15) is 10.6 Å². The summed E-state index contributed by atoms with van der Waals surface area (Å²) in [7, 11) is 0. The Morgan fingerprint density at radius 3 is 2.65 bits per heavy atom. The van der Waals surface area contributed by atoms with Gasteiger partial charge < -0.3 is 30.0 Å². The van der Waals surface area contributed by atoms with Crippen molar-refractivity contribution in [1.29, 1.82) is 0 Å². The number of aromatic nitrogens is 1. The van der Waals surface area contributed by atoms with E-state index in [1.807, 2.05) is 12.1 Å². The first kappa shape index (κ1) is 20.8. The number of carbonyl (C=O) groups is 3. The SMILES string of the molecule is O=C(CNC(=O)c1ccco1)NCC(=O)Nc1ccc2nc(N3CCOCC3)sc2c1. The molecule has 1 fully saturated rings. The lowest BCUT2D eigenvalue weighted by Gasteiger charge is -2.25. The van der Waals surface area contributed by atoms with Crippen LogP contribution in [0.4, 0.5) is 10.8 Å². The van der Waals surface area contributed by atoms with E-state index in [0.717, 1.165) is 28.4 Å². The summed E-state index contributed by atoms with van der Waals surface area (Å²) in [6, 6.07) is 8.56. The number of rotatable bonds is 7. The van der Waals surface area contributed by atoms with Crippen LogP contribution in [-0.4, -0.2) is 62.1 Å². The van der Waals surface area contributed by atoms with E-state index < -0.39 is 11.8 Å². The van der Waals surface area contributed by atoms with E-state index >= 15 is 0 Å². The Balaban J connectivity index is 1.26. The van der Waals surface area contributed by atoms with E-state index in [-0.39, 0.29) is 24.8 Å². The first-order valence-corrected chi connectivity index (χ1v) is 10.5. The zero-order valence-electron chi connectivity index (χ0n) is 16.6. The van der Waals surface area contributed by atoms with E-state index in [9.17, 15) is 14.4 Å². The molecule has 0 radical (unpaired) electrons. The molecule has 1 saturated heterocycles. The molecule has 0 unspecified atom stereocenters. The fourth-order valence-electron chi connectivity index (χ4n) is 2.98. The maximum atomic E-state index is 12.2. The predicted octanol–water partition coefficient (Wildman–Crippen LogP) is 1.21. The Kier molecular flexibility index (Phi) is 6.43. The number of nitrogens with zero attached hydrogens (tertiary/aromatic N) is 2. The first-order chi connectivity index (χ1) is 15.1. The van der Waals surface area contributed by atoms with Crippen molar-refractivity contribution >= 4 is 50.1 Å². The minimum Gasteiger partial charge on any atom is -0.459 e. The van der Waals surface area contributed by atoms with Gasteiger partial charge in [-0.1, -0.05) is 11.3 Å². The average Bonchev–Trinajstić information content (AvgIpc) is 3.46. The molecule has 1 aromatic carbocycles. The number of furan rings is 1. The maximum absolute atomic E-state index is 12.2. The minimum absolute atomic E-state index is 0.112. The van der Waals surface area contributed by atoms with Crippen LogP contribution in [-0.2, 0) is 14.3 Å². The highest BCUT2D eigenvalue weighted by Crippen LogP contribution is 2.31. The number of ether oxygens (including phenoxy) is 1. The number of amides is 3. The van der Waals surface area contributed by atoms with Gasteiger partial charge in [0, 0.05) is 18.8 Å². The number of anilines is 2. The van der Waals surface area contributed by atoms with Gasteiger partial charge in [-0.05, 0) is 30.3 Å². The van der Waals surface area contributed by atoms with Crippen LogP contribution in [0.2, 0.25) is 0 Å². The molecule has 0 saturated carbocycles. The van der Waals surface area contributed by atoms with Crippen molar-refractivity contribution in [1.82, 2.24) is 15.6 Å². The summed E-state index contributed by atoms with van der Waals surface area (Å²) < 4.78 is 11.3. The lowest BCUT2D eigenvalue weighted by Crippen LogP contribution is -2.40. The fourth-order valence-corrected chi connectivity index (χ4v) is 4.04. The van der Waals surface area contributed by atoms with Crippen LogP contribution >= 0.6 is 11.3 Å². The summed E-state index contributed by atoms with van der Waals surface area (Å²) >= 11 is 1.56. The zero-order chi connectivity index (χ0) is 21.6. The third-order valence-corrected chi connectivity index (χ3v) is 5.62. The molecule has 11 heteroatoms. The molecule has 0 atom stereocenters. The van der Waals surface area contributed by atoms with Crippen LogP contribution in [0.25, 0.3) is 10.2 Å². The molecule has 0 spiro atoms. The van der Waals surface area contributed by atoms with Gasteiger partial charge in [-0.2, -0.15) is 0 Å². The monoisotopic (exact) mass is 443 g/mol. The van der Waals surface area contributed by atoms with Gasteiger partial charge in [-0.15, -0.1) is 0 Å². The van der Waals surface area contributed by atoms with Crippen LogP contribution in [0, 0.1) is 0 Å². The zero-order valence-corrected chi connectivity index (χ0v) is 17.4. The van der Waals surface area contributed by atoms with Crippen molar-refractivity contribution < 1.29 is 23.5 Å². The molecule has 1 aliphatic rings. The van der Waals surface area contributed by atoms with Gasteiger partial charge in [0.2, 0.25) is 11.8 Å². The highest BCUT2D eigenvalue weighted by Gasteiger charge is 2.16. The largest absolute Gasteiger partial charge is 0.459 e. The highest BCUT2D eigenvalue weighted by molar-refractivity contribution is 7.22. The molecule has 1 aliphatic heterocycles. The van der Waals surface area contributed by atoms with Crippen molar-refractivity contribution in [3.8, 4) is 0 Å². The van der Waals surface area contributed by atoms with E-state index in [2.05, 4.69) is 25.8 Å². The molecule has 3 amide bonds. The van der Waals surface area contributed by atoms with Gasteiger partial charge in [-0.25, -0.2) is 4.98 Å². The number of benzene rings is 1. The van der Waals surface area contributed by atoms with E-state index in [1.54, 1.807) is 23.5 Å². The van der Waals surface area contributed by atoms with Gasteiger partial charge in [0.05, 0.1) is 42.8 Å². The third-order valence-electron chi connectivity index (χ3n) is 4.54. The number of nitrogens with one attached hydrogen (secondary N) is 3. The number of fused-ring (bicyclic) bond motifs is 1. The summed E-state index contributed by atoms with van der Waals surface area (Å²) in [6.07, 6.45) is 1.37. The topological polar surface area (TPSA) is 126 Å². The summed E-state index contributed by atoms with van der Waals surface area (Å²) in [5, 5.41) is 8.57. The Bertz CT molecular complexity index is 1080. The highest BCUT2D eigenvalue weighted by atomic mass is 32.1. The van der Waals surface area contributed by atoms with Crippen molar-refractivity contribution in [3.05, 3.63) is 42.4 Å². The molecule has 0 aliphatic carbocycles. The molecule has 10 nitrogen and oxygen atoms in total. The van der Waals surface area contributed by atoms with Crippen LogP contribution in [0.3, 0.4) is 0 Å². The van der Waals surface area contributed by atoms with Crippen LogP contribution in [0.5, 0.6) is 0 Å². The van der Waals surface area contributed by atoms with Gasteiger partial charge >= 0.3 is 0 Å². The van der Waals surface area contributed by atoms with E-state index in [1.165, 1.54) is 12.3 Å². The lowest BCUT2D eigenvalue weighted by atomic mass is 10.3. The molecule has 3 aromatic rings. The van der Waals surface area contributed by atoms with Gasteiger partial charge in [0.25, 0.3) is 5.91 Å². The number of hydrogen-bond donors (Lipinski definition) is 3. The third kappa shape index (κ3) is 5.38. The Labute approximate surface area is 181 Å². The van der Waals surface area contributed by atoms with Crippen molar-refractivity contribution in [3.63, 3.8) is 0 Å². The number of carbonyl (C=O) groups excluding carboxylic acids is 3. The summed E-state index contributed by atoms with van der Waals surface area (Å²) in [6.45, 7) is 2.53. The quantitative estimate of drug-likeness (QED) is 0.501. The summed E-state index contributed by atoms with van der Waals surface area (Å²) in [5.41, 5.74) is 1.49. The molecular weight excluding hydrogens is 422 g/mol. The summed E-state index contributed by atoms with van der Waals surface area (Å²) in [4.78, 5) is 42.6. The molecule has 162 valence electrons. The van der Waals surface area contributed by atoms with Crippen LogP contribution in [0.15, 0.2) is 41.0 Å². The molecule has 3 heterocycles. The fraction of sp³-hybridized carbons (Fsp3) is 0.300. The summed E-state index contributed by atoms with van der Waals surface area (Å²) in [5.74, 6) is -1.24. The molecule has 2 aromatic heterocycles. The second-order valence-corrected chi connectivity index (χ2v) is 7.77. The number of thiazole rings is 1. The first-order valence-electron chi connectivity index (χ1n) is 9.70. The smallest absolute Gasteiger partial charge is 0.287 e. The Hall–Kier alpha value is -3.44. The van der Waals surface area contributed by atoms with Crippen molar-refractivity contribution in [2.45, 2.75) is 0 Å². The number of morpholine rings is 1. The second kappa shape index (κ2) is 9.58. The second-order valence-electron chi connectivity index (χ2n) is 6.76. The lowest BCUT2D eigenvalue weighted by molar-refractivity contribution is -0.123. The number of hydrogen-bond acceptors (Lipinski definition) is 8. The maximum Gasteiger partial charge on any atom is 0.287 e. The van der Waals surface area contributed by atoms with Gasteiger partial charge in [0.15, 0.2) is 10.9 Å². The van der Waals surface area contributed by atoms with Crippen molar-refractivity contribution in [2.75, 3.05) is 49.6 Å². The normalized spacial score (nSPS) is 13.7. The molecule has 31 heavy (non-hydrogen) atoms. The molecule has 4 rings (SSSR count). The van der Waals surface area contributed by atoms with Gasteiger partial charge in [0.1, 0.15) is 0 Å². The molecular formula is C20H21N5O5S. The Morgan fingerprint density at radius 1 is 1.06 bits per heavy atom. The van der Waals surface area contributed by atoms with E-state index in [0.29, 0.717) is 18.9 Å². The van der Waals surface area contributed by atoms with E-state index in [4.69, 9.17) is 9.15 Å².